The van der Waals surface area contributed by atoms with Crippen LogP contribution in [0.2, 0.25) is 0 Å². The number of carboxylic acids is 1. The number of hydrogen-bond donors (Lipinski definition) is 2. The summed E-state index contributed by atoms with van der Waals surface area (Å²) in [7, 11) is 1.80. The quantitative estimate of drug-likeness (QED) is 0.815. The van der Waals surface area contributed by atoms with Crippen LogP contribution in [0.25, 0.3) is 0 Å². The monoisotopic (exact) mass is 293 g/mol. The van der Waals surface area contributed by atoms with Crippen LogP contribution in [0.1, 0.15) is 17.4 Å². The molecule has 0 spiro atoms. The molecule has 2 atom stereocenters. The van der Waals surface area contributed by atoms with Gasteiger partial charge in [-0.1, -0.05) is 0 Å². The Bertz CT molecular complexity index is 535. The average Bonchev–Trinajstić information content (AvgIpc) is 2.96. The molecule has 7 heteroatoms. The normalized spacial score (nSPS) is 21.0. The van der Waals surface area contributed by atoms with E-state index in [9.17, 15) is 14.7 Å². The minimum atomic E-state index is -0.873. The molecule has 0 radical (unpaired) electrons. The van der Waals surface area contributed by atoms with E-state index >= 15 is 0 Å². The Labute approximate surface area is 122 Å². The molecule has 1 fully saturated rings. The minimum absolute atomic E-state index is 0.207. The maximum Gasteiger partial charge on any atom is 0.311 e. The highest BCUT2D eigenvalue weighted by Crippen LogP contribution is 2.24. The molecule has 2 unspecified atom stereocenters. The van der Waals surface area contributed by atoms with Gasteiger partial charge < -0.3 is 20.1 Å². The number of hydrogen-bond acceptors (Lipinski definition) is 5. The Morgan fingerprint density at radius 1 is 1.52 bits per heavy atom. The van der Waals surface area contributed by atoms with Crippen LogP contribution in [0, 0.1) is 5.92 Å². The van der Waals surface area contributed by atoms with Gasteiger partial charge in [0, 0.05) is 25.5 Å². The molecule has 2 heterocycles. The summed E-state index contributed by atoms with van der Waals surface area (Å²) in [5, 5.41) is 11.9. The van der Waals surface area contributed by atoms with Gasteiger partial charge in [0.25, 0.3) is 5.91 Å². The lowest BCUT2D eigenvalue weighted by Gasteiger charge is -2.28. The molecule has 0 aromatic carbocycles. The average molecular weight is 293 g/mol. The van der Waals surface area contributed by atoms with Crippen molar-refractivity contribution in [3.63, 3.8) is 0 Å². The number of amides is 1. The van der Waals surface area contributed by atoms with Gasteiger partial charge in [-0.15, -0.1) is 0 Å². The smallest absolute Gasteiger partial charge is 0.311 e. The molecule has 1 aromatic rings. The van der Waals surface area contributed by atoms with Gasteiger partial charge in [-0.05, 0) is 19.1 Å². The summed E-state index contributed by atoms with van der Waals surface area (Å²) in [5.41, 5.74) is 1.06. The molecule has 1 amide bonds. The Hall–Kier alpha value is -2.15. The summed E-state index contributed by atoms with van der Waals surface area (Å²) in [5.74, 6) is -1.69. The summed E-state index contributed by atoms with van der Waals surface area (Å²) in [6.07, 6.45) is 1.54. The second kappa shape index (κ2) is 6.53. The molecule has 2 rings (SSSR count). The third-order valence-electron chi connectivity index (χ3n) is 3.59. The Kier molecular flexibility index (Phi) is 4.74. The van der Waals surface area contributed by atoms with Crippen molar-refractivity contribution in [1.82, 2.24) is 10.3 Å². The number of carbonyl (C=O) groups is 2. The van der Waals surface area contributed by atoms with E-state index in [2.05, 4.69) is 10.3 Å². The van der Waals surface area contributed by atoms with E-state index in [1.807, 2.05) is 11.8 Å². The third-order valence-corrected chi connectivity index (χ3v) is 3.59. The first-order valence-corrected chi connectivity index (χ1v) is 6.82. The maximum atomic E-state index is 11.8. The first-order chi connectivity index (χ1) is 10.0. The molecule has 1 aliphatic rings. The van der Waals surface area contributed by atoms with Crippen molar-refractivity contribution in [1.29, 1.82) is 0 Å². The lowest BCUT2D eigenvalue weighted by molar-refractivity contribution is -0.141. The van der Waals surface area contributed by atoms with Gasteiger partial charge in [-0.25, -0.2) is 0 Å². The highest BCUT2D eigenvalue weighted by molar-refractivity contribution is 5.93. The van der Waals surface area contributed by atoms with Crippen LogP contribution in [0.3, 0.4) is 0 Å². The SMILES string of the molecule is CCNC(=O)c1cc(N(C)C2COCC2C(=O)O)ccn1. The number of anilines is 1. The first-order valence-electron chi connectivity index (χ1n) is 6.82. The number of ether oxygens (including phenoxy) is 1. The number of nitrogens with one attached hydrogen (secondary N) is 1. The largest absolute Gasteiger partial charge is 0.481 e. The molecule has 1 aromatic heterocycles. The number of carboxylic acid groups (broad SMARTS) is 1. The van der Waals surface area contributed by atoms with Crippen LogP contribution < -0.4 is 10.2 Å². The molecule has 2 N–H and O–H groups in total. The predicted octanol–water partition coefficient (Wildman–Crippen LogP) is 0.367. The summed E-state index contributed by atoms with van der Waals surface area (Å²) < 4.78 is 5.27. The van der Waals surface area contributed by atoms with Crippen LogP contribution in [0.5, 0.6) is 0 Å². The van der Waals surface area contributed by atoms with Gasteiger partial charge >= 0.3 is 5.97 Å². The van der Waals surface area contributed by atoms with E-state index in [4.69, 9.17) is 4.74 Å². The summed E-state index contributed by atoms with van der Waals surface area (Å²) in [6, 6.07) is 3.15. The van der Waals surface area contributed by atoms with E-state index < -0.39 is 11.9 Å². The zero-order chi connectivity index (χ0) is 15.4. The van der Waals surface area contributed by atoms with Crippen LogP contribution in [0.4, 0.5) is 5.69 Å². The molecular weight excluding hydrogens is 274 g/mol. The topological polar surface area (TPSA) is 91.8 Å². The number of aliphatic carboxylic acids is 1. The van der Waals surface area contributed by atoms with E-state index in [1.54, 1.807) is 25.4 Å². The fourth-order valence-corrected chi connectivity index (χ4v) is 2.37. The predicted molar refractivity (Wildman–Crippen MR) is 76.4 cm³/mol. The fourth-order valence-electron chi connectivity index (χ4n) is 2.37. The Balaban J connectivity index is 2.19. The van der Waals surface area contributed by atoms with E-state index in [0.717, 1.165) is 5.69 Å². The lowest BCUT2D eigenvalue weighted by Crippen LogP contribution is -2.41. The van der Waals surface area contributed by atoms with Crippen molar-refractivity contribution in [2.45, 2.75) is 13.0 Å². The molecule has 114 valence electrons. The molecule has 21 heavy (non-hydrogen) atoms. The molecule has 0 aliphatic carbocycles. The van der Waals surface area contributed by atoms with E-state index in [0.29, 0.717) is 18.8 Å². The maximum absolute atomic E-state index is 11.8. The van der Waals surface area contributed by atoms with E-state index in [-0.39, 0.29) is 18.6 Å². The summed E-state index contributed by atoms with van der Waals surface area (Å²) in [4.78, 5) is 28.9. The van der Waals surface area contributed by atoms with Gasteiger partial charge in [0.15, 0.2) is 0 Å². The molecule has 7 nitrogen and oxygen atoms in total. The van der Waals surface area contributed by atoms with Crippen molar-refractivity contribution in [3.8, 4) is 0 Å². The first kappa shape index (κ1) is 15.2. The molecule has 0 bridgehead atoms. The number of aromatic nitrogens is 1. The zero-order valence-corrected chi connectivity index (χ0v) is 12.1. The third kappa shape index (κ3) is 3.30. The van der Waals surface area contributed by atoms with Gasteiger partial charge in [-0.2, -0.15) is 0 Å². The van der Waals surface area contributed by atoms with Crippen molar-refractivity contribution in [2.75, 3.05) is 31.7 Å². The highest BCUT2D eigenvalue weighted by atomic mass is 16.5. The summed E-state index contributed by atoms with van der Waals surface area (Å²) >= 11 is 0. The number of pyridine rings is 1. The highest BCUT2D eigenvalue weighted by Gasteiger charge is 2.37. The number of carbonyl (C=O) groups excluding carboxylic acids is 1. The van der Waals surface area contributed by atoms with Gasteiger partial charge in [0.05, 0.1) is 19.3 Å². The molecular formula is C14H19N3O4. The summed E-state index contributed by atoms with van der Waals surface area (Å²) in [6.45, 7) is 2.92. The zero-order valence-electron chi connectivity index (χ0n) is 12.1. The molecule has 1 aliphatic heterocycles. The van der Waals surface area contributed by atoms with Crippen LogP contribution in [-0.2, 0) is 9.53 Å². The van der Waals surface area contributed by atoms with Crippen molar-refractivity contribution >= 4 is 17.6 Å². The van der Waals surface area contributed by atoms with Crippen molar-refractivity contribution in [3.05, 3.63) is 24.0 Å². The standard InChI is InChI=1S/C14H19N3O4/c1-3-15-13(18)11-6-9(4-5-16-11)17(2)12-8-21-7-10(12)14(19)20/h4-6,10,12H,3,7-8H2,1-2H3,(H,15,18)(H,19,20). The molecule has 1 saturated heterocycles. The van der Waals surface area contributed by atoms with Crippen molar-refractivity contribution < 1.29 is 19.4 Å². The molecule has 0 saturated carbocycles. The number of nitrogens with zero attached hydrogens (tertiary/aromatic N) is 2. The van der Waals surface area contributed by atoms with Gasteiger partial charge in [-0.3, -0.25) is 14.6 Å². The van der Waals surface area contributed by atoms with Crippen molar-refractivity contribution in [2.24, 2.45) is 5.92 Å². The Morgan fingerprint density at radius 2 is 2.29 bits per heavy atom. The number of rotatable bonds is 5. The second-order valence-corrected chi connectivity index (χ2v) is 4.92. The van der Waals surface area contributed by atoms with Crippen LogP contribution >= 0.6 is 0 Å². The fraction of sp³-hybridized carbons (Fsp3) is 0.500. The number of likely N-dealkylation sites (N-methyl/N-ethyl adjacent to an activating group) is 1. The minimum Gasteiger partial charge on any atom is -0.481 e. The Morgan fingerprint density at radius 3 is 2.95 bits per heavy atom. The van der Waals surface area contributed by atoms with Gasteiger partial charge in [0.2, 0.25) is 0 Å². The van der Waals surface area contributed by atoms with Crippen LogP contribution in [-0.4, -0.2) is 54.8 Å². The lowest BCUT2D eigenvalue weighted by atomic mass is 10.0. The van der Waals surface area contributed by atoms with Gasteiger partial charge in [0.1, 0.15) is 11.6 Å². The van der Waals surface area contributed by atoms with Crippen LogP contribution in [0.15, 0.2) is 18.3 Å². The van der Waals surface area contributed by atoms with E-state index in [1.165, 1.54) is 0 Å². The second-order valence-electron chi connectivity index (χ2n) is 4.92.